The van der Waals surface area contributed by atoms with Crippen molar-refractivity contribution in [3.63, 3.8) is 0 Å². The van der Waals surface area contributed by atoms with Gasteiger partial charge >= 0.3 is 5.97 Å². The van der Waals surface area contributed by atoms with Crippen molar-refractivity contribution in [2.75, 3.05) is 19.6 Å². The van der Waals surface area contributed by atoms with Gasteiger partial charge in [-0.05, 0) is 46.7 Å². The standard InChI is InChI=1S/C19H39NO2/c1-6-8-9-10-11-12-13-16-20(15-7-2)17-14-18(21)22-19(3,4)5/h6-17H2,1-5H3. The molecule has 0 rings (SSSR count). The van der Waals surface area contributed by atoms with Crippen LogP contribution in [0.5, 0.6) is 0 Å². The molecule has 0 atom stereocenters. The van der Waals surface area contributed by atoms with E-state index in [-0.39, 0.29) is 11.6 Å². The van der Waals surface area contributed by atoms with Gasteiger partial charge in [-0.1, -0.05) is 52.4 Å². The van der Waals surface area contributed by atoms with Crippen LogP contribution in [0.1, 0.15) is 92.4 Å². The highest BCUT2D eigenvalue weighted by Crippen LogP contribution is 2.10. The molecular weight excluding hydrogens is 274 g/mol. The maximum atomic E-state index is 11.8. The summed E-state index contributed by atoms with van der Waals surface area (Å²) in [5.41, 5.74) is -0.370. The molecule has 0 aliphatic rings. The Kier molecular flexibility index (Phi) is 12.6. The fourth-order valence-corrected chi connectivity index (χ4v) is 2.59. The third-order valence-electron chi connectivity index (χ3n) is 3.67. The molecule has 0 saturated heterocycles. The van der Waals surface area contributed by atoms with Gasteiger partial charge in [0.05, 0.1) is 6.42 Å². The Labute approximate surface area is 138 Å². The van der Waals surface area contributed by atoms with Gasteiger partial charge in [0.1, 0.15) is 5.60 Å². The Hall–Kier alpha value is -0.570. The first-order valence-electron chi connectivity index (χ1n) is 9.33. The monoisotopic (exact) mass is 313 g/mol. The molecule has 0 fully saturated rings. The van der Waals surface area contributed by atoms with E-state index in [4.69, 9.17) is 4.74 Å². The summed E-state index contributed by atoms with van der Waals surface area (Å²) in [5.74, 6) is -0.0758. The molecule has 0 saturated carbocycles. The van der Waals surface area contributed by atoms with Crippen LogP contribution in [0.25, 0.3) is 0 Å². The van der Waals surface area contributed by atoms with Crippen molar-refractivity contribution >= 4 is 5.97 Å². The normalized spacial score (nSPS) is 11.9. The summed E-state index contributed by atoms with van der Waals surface area (Å²) in [6.45, 7) is 13.3. The largest absolute Gasteiger partial charge is 0.460 e. The van der Waals surface area contributed by atoms with Gasteiger partial charge < -0.3 is 9.64 Å². The average molecular weight is 314 g/mol. The lowest BCUT2D eigenvalue weighted by atomic mass is 10.1. The van der Waals surface area contributed by atoms with Gasteiger partial charge in [-0.3, -0.25) is 4.79 Å². The molecule has 0 aromatic heterocycles. The van der Waals surface area contributed by atoms with Crippen molar-refractivity contribution in [2.24, 2.45) is 0 Å². The van der Waals surface area contributed by atoms with Crippen LogP contribution in [-0.4, -0.2) is 36.1 Å². The molecule has 3 nitrogen and oxygen atoms in total. The van der Waals surface area contributed by atoms with Crippen LogP contribution < -0.4 is 0 Å². The molecule has 0 aliphatic carbocycles. The molecule has 0 bridgehead atoms. The molecule has 0 radical (unpaired) electrons. The van der Waals surface area contributed by atoms with Crippen molar-refractivity contribution in [2.45, 2.75) is 98.0 Å². The molecule has 0 heterocycles. The van der Waals surface area contributed by atoms with Gasteiger partial charge in [0.15, 0.2) is 0 Å². The van der Waals surface area contributed by atoms with Crippen molar-refractivity contribution in [3.8, 4) is 0 Å². The van der Waals surface area contributed by atoms with Crippen LogP contribution in [0.3, 0.4) is 0 Å². The van der Waals surface area contributed by atoms with Gasteiger partial charge in [-0.25, -0.2) is 0 Å². The molecule has 0 spiro atoms. The smallest absolute Gasteiger partial charge is 0.307 e. The number of ether oxygens (including phenoxy) is 1. The van der Waals surface area contributed by atoms with Crippen LogP contribution in [0, 0.1) is 0 Å². The molecule has 0 aromatic rings. The lowest BCUT2D eigenvalue weighted by Crippen LogP contribution is -2.31. The first-order valence-corrected chi connectivity index (χ1v) is 9.33. The van der Waals surface area contributed by atoms with Gasteiger partial charge in [0.2, 0.25) is 0 Å². The van der Waals surface area contributed by atoms with Crippen LogP contribution in [-0.2, 0) is 9.53 Å². The minimum absolute atomic E-state index is 0.0758. The topological polar surface area (TPSA) is 29.5 Å². The fraction of sp³-hybridized carbons (Fsp3) is 0.947. The molecule has 132 valence electrons. The number of carbonyl (C=O) groups is 1. The van der Waals surface area contributed by atoms with Crippen LogP contribution in [0.15, 0.2) is 0 Å². The predicted molar refractivity (Wildman–Crippen MR) is 95.2 cm³/mol. The minimum Gasteiger partial charge on any atom is -0.460 e. The number of carbonyl (C=O) groups excluding carboxylic acids is 1. The number of nitrogens with zero attached hydrogens (tertiary/aromatic N) is 1. The Bertz CT molecular complexity index is 271. The van der Waals surface area contributed by atoms with Gasteiger partial charge in [0.25, 0.3) is 0 Å². The Morgan fingerprint density at radius 1 is 0.818 bits per heavy atom. The minimum atomic E-state index is -0.370. The zero-order valence-corrected chi connectivity index (χ0v) is 15.7. The first-order chi connectivity index (χ1) is 10.4. The van der Waals surface area contributed by atoms with E-state index in [0.29, 0.717) is 6.42 Å². The van der Waals surface area contributed by atoms with Crippen molar-refractivity contribution < 1.29 is 9.53 Å². The summed E-state index contributed by atoms with van der Waals surface area (Å²) in [5, 5.41) is 0. The second-order valence-electron chi connectivity index (χ2n) is 7.30. The van der Waals surface area contributed by atoms with Gasteiger partial charge in [-0.15, -0.1) is 0 Å². The van der Waals surface area contributed by atoms with Crippen molar-refractivity contribution in [1.29, 1.82) is 0 Å². The molecular formula is C19H39NO2. The van der Waals surface area contributed by atoms with Crippen LogP contribution in [0.2, 0.25) is 0 Å². The number of esters is 1. The zero-order valence-electron chi connectivity index (χ0n) is 15.7. The van der Waals surface area contributed by atoms with Crippen LogP contribution in [0.4, 0.5) is 0 Å². The van der Waals surface area contributed by atoms with E-state index in [2.05, 4.69) is 18.7 Å². The predicted octanol–water partition coefficient (Wildman–Crippen LogP) is 5.18. The van der Waals surface area contributed by atoms with Gasteiger partial charge in [0, 0.05) is 6.54 Å². The fourth-order valence-electron chi connectivity index (χ4n) is 2.59. The van der Waals surface area contributed by atoms with E-state index < -0.39 is 0 Å². The van der Waals surface area contributed by atoms with E-state index in [1.807, 2.05) is 20.8 Å². The lowest BCUT2D eigenvalue weighted by Gasteiger charge is -2.23. The Morgan fingerprint density at radius 2 is 1.41 bits per heavy atom. The number of hydrogen-bond acceptors (Lipinski definition) is 3. The number of unbranched alkanes of at least 4 members (excludes halogenated alkanes) is 6. The summed E-state index contributed by atoms with van der Waals surface area (Å²) < 4.78 is 5.38. The third kappa shape index (κ3) is 14.4. The second-order valence-corrected chi connectivity index (χ2v) is 7.30. The summed E-state index contributed by atoms with van der Waals surface area (Å²) in [6, 6.07) is 0. The Balaban J connectivity index is 3.79. The van der Waals surface area contributed by atoms with E-state index in [1.54, 1.807) is 0 Å². The molecule has 0 aromatic carbocycles. The Morgan fingerprint density at radius 3 is 1.95 bits per heavy atom. The summed E-state index contributed by atoms with van der Waals surface area (Å²) in [7, 11) is 0. The van der Waals surface area contributed by atoms with E-state index in [1.165, 1.54) is 44.9 Å². The summed E-state index contributed by atoms with van der Waals surface area (Å²) in [6.07, 6.45) is 11.0. The van der Waals surface area contributed by atoms with Crippen LogP contribution >= 0.6 is 0 Å². The molecule has 0 aliphatic heterocycles. The quantitative estimate of drug-likeness (QED) is 0.346. The zero-order chi connectivity index (χ0) is 16.8. The van der Waals surface area contributed by atoms with E-state index in [0.717, 1.165) is 26.1 Å². The SMILES string of the molecule is CCCCCCCCCN(CCC)CCC(=O)OC(C)(C)C. The van der Waals surface area contributed by atoms with Crippen molar-refractivity contribution in [1.82, 2.24) is 4.90 Å². The van der Waals surface area contributed by atoms with E-state index in [9.17, 15) is 4.79 Å². The maximum absolute atomic E-state index is 11.8. The first kappa shape index (κ1) is 21.4. The number of rotatable bonds is 13. The summed E-state index contributed by atoms with van der Waals surface area (Å²) in [4.78, 5) is 14.2. The van der Waals surface area contributed by atoms with Crippen molar-refractivity contribution in [3.05, 3.63) is 0 Å². The van der Waals surface area contributed by atoms with E-state index >= 15 is 0 Å². The molecule has 3 heteroatoms. The molecule has 0 N–H and O–H groups in total. The highest BCUT2D eigenvalue weighted by atomic mass is 16.6. The lowest BCUT2D eigenvalue weighted by molar-refractivity contribution is -0.155. The van der Waals surface area contributed by atoms with Gasteiger partial charge in [-0.2, -0.15) is 0 Å². The highest BCUT2D eigenvalue weighted by Gasteiger charge is 2.16. The highest BCUT2D eigenvalue weighted by molar-refractivity contribution is 5.70. The molecule has 22 heavy (non-hydrogen) atoms. The number of hydrogen-bond donors (Lipinski definition) is 0. The molecule has 0 amide bonds. The second kappa shape index (κ2) is 12.9. The summed E-state index contributed by atoms with van der Waals surface area (Å²) >= 11 is 0. The third-order valence-corrected chi connectivity index (χ3v) is 3.67. The molecule has 0 unspecified atom stereocenters. The maximum Gasteiger partial charge on any atom is 0.307 e. The average Bonchev–Trinajstić information content (AvgIpc) is 2.41.